The second kappa shape index (κ2) is 19.2. The van der Waals surface area contributed by atoms with Crippen LogP contribution in [0.4, 0.5) is 0 Å². The van der Waals surface area contributed by atoms with Crippen LogP contribution in [0.2, 0.25) is 0 Å². The van der Waals surface area contributed by atoms with Crippen LogP contribution >= 0.6 is 0 Å². The molecule has 366 valence electrons. The number of fused-ring (bicyclic) bond motifs is 2. The Hall–Kier alpha value is -4.71. The summed E-state index contributed by atoms with van der Waals surface area (Å²) >= 11 is 0. The van der Waals surface area contributed by atoms with E-state index in [4.69, 9.17) is 24.9 Å². The predicted molar refractivity (Wildman–Crippen MR) is 265 cm³/mol. The van der Waals surface area contributed by atoms with Crippen LogP contribution in [0.3, 0.4) is 0 Å². The Morgan fingerprint density at radius 2 is 1.66 bits per heavy atom. The highest BCUT2D eigenvalue weighted by atomic mass is 16.5. The van der Waals surface area contributed by atoms with E-state index >= 15 is 0 Å². The number of aliphatic imine (C=N–C) groups is 1. The molecule has 0 saturated heterocycles. The molecule has 0 aromatic heterocycles. The van der Waals surface area contributed by atoms with E-state index in [1.165, 1.54) is 0 Å². The summed E-state index contributed by atoms with van der Waals surface area (Å²) in [5.74, 6) is 3.56. The molecule has 5 aliphatic heterocycles. The summed E-state index contributed by atoms with van der Waals surface area (Å²) in [5, 5.41) is 61.3. The number of rotatable bonds is 5. The number of aliphatic hydroxyl groups is 3. The van der Waals surface area contributed by atoms with Gasteiger partial charge in [0.1, 0.15) is 29.5 Å². The van der Waals surface area contributed by atoms with Gasteiger partial charge in [-0.3, -0.25) is 4.99 Å². The molecule has 10 aliphatic rings. The van der Waals surface area contributed by atoms with Crippen molar-refractivity contribution < 1.29 is 39.7 Å². The first-order chi connectivity index (χ1) is 32.8. The van der Waals surface area contributed by atoms with Crippen LogP contribution in [-0.4, -0.2) is 76.6 Å². The molecular weight excluding hydrogens is 855 g/mol. The predicted octanol–water partition coefficient (Wildman–Crippen LogP) is 9.05. The van der Waals surface area contributed by atoms with Gasteiger partial charge in [0.15, 0.2) is 17.5 Å². The van der Waals surface area contributed by atoms with Crippen LogP contribution < -0.4 is 25.3 Å². The third-order valence-electron chi connectivity index (χ3n) is 17.6. The lowest BCUT2D eigenvalue weighted by atomic mass is 9.63. The molecule has 12 bridgehead atoms. The Morgan fingerprint density at radius 1 is 0.882 bits per heavy atom. The number of phenolic OH excluding ortho intramolecular Hbond substituents is 2. The average molecular weight is 930 g/mol. The molecule has 1 spiro atoms. The molecule has 0 amide bonds. The van der Waals surface area contributed by atoms with Crippen molar-refractivity contribution in [1.82, 2.24) is 5.32 Å². The van der Waals surface area contributed by atoms with Crippen molar-refractivity contribution in [2.75, 3.05) is 26.8 Å². The van der Waals surface area contributed by atoms with Crippen molar-refractivity contribution in [3.63, 3.8) is 0 Å². The molecule has 0 unspecified atom stereocenters. The maximum absolute atomic E-state index is 12.3. The lowest BCUT2D eigenvalue weighted by Crippen LogP contribution is -2.51. The number of methoxy groups -OCH3 is 1. The number of ether oxygens (including phenoxy) is 3. The van der Waals surface area contributed by atoms with E-state index in [1.54, 1.807) is 19.2 Å². The maximum Gasteiger partial charge on any atom is 0.188 e. The lowest BCUT2D eigenvalue weighted by Gasteiger charge is -2.47. The molecule has 11 heteroatoms. The average Bonchev–Trinajstić information content (AvgIpc) is 3.78. The number of nitrogens with two attached hydrogens (primary N) is 1. The van der Waals surface area contributed by atoms with Crippen molar-refractivity contribution in [3.05, 3.63) is 88.5 Å². The molecular formula is C57H75N3O8. The topological polar surface area (TPSA) is 179 Å². The first kappa shape index (κ1) is 47.0. The minimum Gasteiger partial charge on any atom is -0.508 e. The molecule has 12 atom stereocenters. The number of hydrogen-bond donors (Lipinski definition) is 7. The standard InChI is InChI=1S/C57H75N3O8/c1-5-32-19-35-11-10-34(32)20-41(62)27-57(16-6-7-17-57)30-60-56(58)59-28-37-12-8-33-9-13-38(29-61)51(37)55(33)68-49-24-36(14-15-45(49)63)54-47(65)25-44-48(67-54)26-50(66-4)53-43-22-40(18-31(2)3)46(64)23-39(43)21-42(35)52(44)53/h8,10-12,14-15,22-24,26,31-35,37-38,41-42,47,51,54-55,61-65H,5-7,9,13,16-21,25,27-30H2,1-4H3,(H3,58,59,60)/t32-,33-,34+,35+,37-,38+,41+,42-,47-,51+,54+,55-/m1/s1. The van der Waals surface area contributed by atoms with Crippen LogP contribution in [0.1, 0.15) is 125 Å². The number of benzene rings is 3. The molecule has 3 aromatic carbocycles. The van der Waals surface area contributed by atoms with Crippen molar-refractivity contribution >= 4 is 5.96 Å². The third-order valence-corrected chi connectivity index (χ3v) is 17.6. The van der Waals surface area contributed by atoms with Gasteiger partial charge in [-0.2, -0.15) is 0 Å². The number of aromatic hydroxyl groups is 2. The van der Waals surface area contributed by atoms with Crippen molar-refractivity contribution in [2.24, 2.45) is 63.5 Å². The number of nitrogens with zero attached hydrogens (tertiary/aromatic N) is 1. The Morgan fingerprint density at radius 3 is 2.43 bits per heavy atom. The van der Waals surface area contributed by atoms with Gasteiger partial charge in [0.2, 0.25) is 0 Å². The van der Waals surface area contributed by atoms with Gasteiger partial charge in [-0.25, -0.2) is 0 Å². The van der Waals surface area contributed by atoms with Gasteiger partial charge >= 0.3 is 0 Å². The normalized spacial score (nSPS) is 32.8. The third kappa shape index (κ3) is 8.89. The number of aliphatic hydroxyl groups excluding tert-OH is 3. The number of phenols is 2. The van der Waals surface area contributed by atoms with Crippen LogP contribution in [-0.2, 0) is 19.3 Å². The Kier molecular flexibility index (Phi) is 13.3. The van der Waals surface area contributed by atoms with Crippen LogP contribution in [0.25, 0.3) is 11.1 Å². The molecule has 2 fully saturated rings. The smallest absolute Gasteiger partial charge is 0.188 e. The van der Waals surface area contributed by atoms with E-state index < -0.39 is 18.3 Å². The van der Waals surface area contributed by atoms with Crippen LogP contribution in [0.5, 0.6) is 28.7 Å². The van der Waals surface area contributed by atoms with E-state index in [-0.39, 0.29) is 65.3 Å². The fraction of sp³-hybridized carbons (Fsp3) is 0.596. The zero-order chi connectivity index (χ0) is 47.4. The minimum atomic E-state index is -0.910. The minimum absolute atomic E-state index is 0.00562. The zero-order valence-corrected chi connectivity index (χ0v) is 40.6. The largest absolute Gasteiger partial charge is 0.508 e. The summed E-state index contributed by atoms with van der Waals surface area (Å²) in [6.45, 7) is 7.73. The number of allylic oxidation sites excluding steroid dienone is 2. The van der Waals surface area contributed by atoms with Crippen molar-refractivity contribution in [2.45, 2.75) is 135 Å². The summed E-state index contributed by atoms with van der Waals surface area (Å²) in [4.78, 5) is 4.96. The second-order valence-electron chi connectivity index (χ2n) is 22.3. The van der Waals surface area contributed by atoms with Crippen LogP contribution in [0.15, 0.2) is 65.7 Å². The van der Waals surface area contributed by atoms with E-state index in [2.05, 4.69) is 56.5 Å². The molecule has 3 aromatic rings. The number of guanidine groups is 1. The summed E-state index contributed by atoms with van der Waals surface area (Å²) < 4.78 is 20.2. The zero-order valence-electron chi connectivity index (χ0n) is 40.6. The summed E-state index contributed by atoms with van der Waals surface area (Å²) in [5.41, 5.74) is 13.4. The van der Waals surface area contributed by atoms with Gasteiger partial charge < -0.3 is 50.8 Å². The first-order valence-electron chi connectivity index (χ1n) is 26.0. The Balaban J connectivity index is 1.08. The Labute approximate surface area is 402 Å². The highest BCUT2D eigenvalue weighted by Gasteiger charge is 2.47. The summed E-state index contributed by atoms with van der Waals surface area (Å²) in [7, 11) is 1.71. The summed E-state index contributed by atoms with van der Waals surface area (Å²) in [6.07, 6.45) is 17.9. The van der Waals surface area contributed by atoms with Crippen molar-refractivity contribution in [3.8, 4) is 39.9 Å². The monoisotopic (exact) mass is 930 g/mol. The molecule has 8 N–H and O–H groups in total. The molecule has 11 nitrogen and oxygen atoms in total. The van der Waals surface area contributed by atoms with E-state index in [0.717, 1.165) is 91.2 Å². The van der Waals surface area contributed by atoms with E-state index in [1.807, 2.05) is 18.2 Å². The quantitative estimate of drug-likeness (QED) is 0.122. The second-order valence-corrected chi connectivity index (χ2v) is 22.3. The number of hydrogen-bond acceptors (Lipinski definition) is 11. The molecule has 13 rings (SSSR count). The maximum atomic E-state index is 12.3. The van der Waals surface area contributed by atoms with Gasteiger partial charge in [-0.05, 0) is 151 Å². The van der Waals surface area contributed by atoms with E-state index in [9.17, 15) is 25.5 Å². The van der Waals surface area contributed by atoms with Gasteiger partial charge in [0.25, 0.3) is 0 Å². The summed E-state index contributed by atoms with van der Waals surface area (Å²) in [6, 6.07) is 11.4. The first-order valence-corrected chi connectivity index (χ1v) is 26.0. The van der Waals surface area contributed by atoms with Gasteiger partial charge in [-0.1, -0.05) is 70.4 Å². The van der Waals surface area contributed by atoms with Crippen LogP contribution in [0, 0.1) is 52.8 Å². The fourth-order valence-corrected chi connectivity index (χ4v) is 14.2. The van der Waals surface area contributed by atoms with Gasteiger partial charge in [0, 0.05) is 61.1 Å². The molecule has 5 heterocycles. The van der Waals surface area contributed by atoms with Crippen molar-refractivity contribution in [1.29, 1.82) is 0 Å². The number of nitrogens with one attached hydrogen (secondary N) is 1. The van der Waals surface area contributed by atoms with E-state index in [0.29, 0.717) is 85.1 Å². The highest BCUT2D eigenvalue weighted by Crippen LogP contribution is 2.57. The lowest BCUT2D eigenvalue weighted by molar-refractivity contribution is -0.0269. The molecule has 5 aliphatic carbocycles. The van der Waals surface area contributed by atoms with Gasteiger partial charge in [0.05, 0.1) is 19.3 Å². The van der Waals surface area contributed by atoms with Gasteiger partial charge in [-0.15, -0.1) is 0 Å². The molecule has 0 radical (unpaired) electrons. The SMILES string of the molecule is CC[C@@H]1C[C@@H]2C=C[C@H]1C[C@H](O)CC1(CCCC1)CN=C(N)NC[C@H]1C=C[C@@H]3CC[C@@H](CO)[C@H]1[C@@H]3Oc1cc(ccc1O)[C@@H]1Oc3cc(OC)c4c(c3C[C@H]1O)[C@@H]2Cc1cc(O)c(CC(C)C)cc1-4. The highest BCUT2D eigenvalue weighted by molar-refractivity contribution is 5.84. The Bertz CT molecular complexity index is 2420. The fourth-order valence-electron chi connectivity index (χ4n) is 14.2. The molecule has 68 heavy (non-hydrogen) atoms. The molecule has 2 saturated carbocycles.